The Balaban J connectivity index is 1.94. The molecule has 1 aromatic heterocycles. The van der Waals surface area contributed by atoms with Crippen LogP contribution in [0.2, 0.25) is 0 Å². The maximum Gasteiger partial charge on any atom is 0.282 e. The first-order valence-electron chi connectivity index (χ1n) is 8.08. The van der Waals surface area contributed by atoms with Crippen LogP contribution in [0.4, 0.5) is 10.8 Å². The monoisotopic (exact) mass is 367 g/mol. The summed E-state index contributed by atoms with van der Waals surface area (Å²) in [7, 11) is 0. The summed E-state index contributed by atoms with van der Waals surface area (Å²) in [5.74, 6) is -0.305. The van der Waals surface area contributed by atoms with E-state index in [0.717, 1.165) is 16.1 Å². The molecule has 0 aliphatic carbocycles. The lowest BCUT2D eigenvalue weighted by atomic mass is 10.1. The molecular formula is C19H17N3O3S. The van der Waals surface area contributed by atoms with Gasteiger partial charge in [-0.1, -0.05) is 56.3 Å². The van der Waals surface area contributed by atoms with Crippen molar-refractivity contribution < 1.29 is 9.72 Å². The molecular weight excluding hydrogens is 350 g/mol. The van der Waals surface area contributed by atoms with Crippen LogP contribution in [-0.2, 0) is 0 Å². The van der Waals surface area contributed by atoms with Gasteiger partial charge >= 0.3 is 0 Å². The third-order valence-corrected chi connectivity index (χ3v) is 5.06. The van der Waals surface area contributed by atoms with Gasteiger partial charge in [-0.05, 0) is 12.0 Å². The van der Waals surface area contributed by atoms with Crippen LogP contribution in [0.1, 0.15) is 35.0 Å². The van der Waals surface area contributed by atoms with Gasteiger partial charge in [-0.15, -0.1) is 11.3 Å². The fourth-order valence-electron chi connectivity index (χ4n) is 2.57. The minimum Gasteiger partial charge on any atom is -0.298 e. The van der Waals surface area contributed by atoms with Crippen LogP contribution in [-0.4, -0.2) is 15.8 Å². The van der Waals surface area contributed by atoms with E-state index in [1.807, 2.05) is 30.3 Å². The molecule has 0 unspecified atom stereocenters. The highest BCUT2D eigenvalue weighted by molar-refractivity contribution is 7.16. The number of hydrogen-bond acceptors (Lipinski definition) is 5. The van der Waals surface area contributed by atoms with Crippen LogP contribution in [0.5, 0.6) is 0 Å². The molecule has 0 radical (unpaired) electrons. The first-order chi connectivity index (χ1) is 12.5. The van der Waals surface area contributed by atoms with Gasteiger partial charge in [0.15, 0.2) is 5.13 Å². The summed E-state index contributed by atoms with van der Waals surface area (Å²) >= 11 is 1.39. The number of nitro benzene ring substituents is 1. The molecule has 0 saturated heterocycles. The molecule has 1 N–H and O–H groups in total. The van der Waals surface area contributed by atoms with Crippen molar-refractivity contribution in [1.29, 1.82) is 0 Å². The van der Waals surface area contributed by atoms with E-state index < -0.39 is 10.8 Å². The number of rotatable bonds is 5. The number of thiazole rings is 1. The second-order valence-corrected chi connectivity index (χ2v) is 7.01. The number of para-hydroxylation sites is 1. The van der Waals surface area contributed by atoms with E-state index in [4.69, 9.17) is 0 Å². The molecule has 0 aliphatic heterocycles. The first kappa shape index (κ1) is 17.8. The first-order valence-corrected chi connectivity index (χ1v) is 8.90. The zero-order chi connectivity index (χ0) is 18.7. The maximum absolute atomic E-state index is 12.5. The van der Waals surface area contributed by atoms with Crippen LogP contribution in [0, 0.1) is 10.1 Å². The molecule has 0 saturated carbocycles. The Hall–Kier alpha value is -3.06. The lowest BCUT2D eigenvalue weighted by Crippen LogP contribution is -2.13. The standard InChI is InChI=1S/C19H17N3O3S/c1-12(2)17-16(13-8-4-3-5-9-13)20-19(26-17)21-18(23)14-10-6-7-11-15(14)22(24)25/h3-12H,1-2H3,(H,20,21,23). The number of nitrogens with one attached hydrogen (secondary N) is 1. The fourth-order valence-corrected chi connectivity index (χ4v) is 3.55. The number of amides is 1. The Labute approximate surface area is 154 Å². The van der Waals surface area contributed by atoms with Crippen molar-refractivity contribution in [2.75, 3.05) is 5.32 Å². The topological polar surface area (TPSA) is 85.1 Å². The van der Waals surface area contributed by atoms with Gasteiger partial charge < -0.3 is 0 Å². The Morgan fingerprint density at radius 1 is 1.12 bits per heavy atom. The van der Waals surface area contributed by atoms with Gasteiger partial charge in [0.1, 0.15) is 5.56 Å². The van der Waals surface area contributed by atoms with Crippen molar-refractivity contribution in [3.63, 3.8) is 0 Å². The van der Waals surface area contributed by atoms with E-state index in [2.05, 4.69) is 24.1 Å². The lowest BCUT2D eigenvalue weighted by molar-refractivity contribution is -0.385. The largest absolute Gasteiger partial charge is 0.298 e. The number of benzene rings is 2. The summed E-state index contributed by atoms with van der Waals surface area (Å²) in [5, 5.41) is 14.3. The van der Waals surface area contributed by atoms with Crippen LogP contribution in [0.15, 0.2) is 54.6 Å². The zero-order valence-electron chi connectivity index (χ0n) is 14.3. The van der Waals surface area contributed by atoms with Crippen molar-refractivity contribution in [1.82, 2.24) is 4.98 Å². The maximum atomic E-state index is 12.5. The average Bonchev–Trinajstić information content (AvgIpc) is 3.06. The number of nitro groups is 1. The highest BCUT2D eigenvalue weighted by Crippen LogP contribution is 2.36. The van der Waals surface area contributed by atoms with Gasteiger partial charge in [-0.2, -0.15) is 0 Å². The highest BCUT2D eigenvalue weighted by atomic mass is 32.1. The normalized spacial score (nSPS) is 10.7. The molecule has 7 heteroatoms. The number of anilines is 1. The van der Waals surface area contributed by atoms with Crippen molar-refractivity contribution in [3.8, 4) is 11.3 Å². The third kappa shape index (κ3) is 3.62. The predicted octanol–water partition coefficient (Wildman–Crippen LogP) is 5.09. The SMILES string of the molecule is CC(C)c1sc(NC(=O)c2ccccc2[N+](=O)[O-])nc1-c1ccccc1. The predicted molar refractivity (Wildman–Crippen MR) is 103 cm³/mol. The highest BCUT2D eigenvalue weighted by Gasteiger charge is 2.22. The van der Waals surface area contributed by atoms with Crippen LogP contribution < -0.4 is 5.32 Å². The Morgan fingerprint density at radius 2 is 1.77 bits per heavy atom. The summed E-state index contributed by atoms with van der Waals surface area (Å²) < 4.78 is 0. The summed E-state index contributed by atoms with van der Waals surface area (Å²) in [6.07, 6.45) is 0. The van der Waals surface area contributed by atoms with Crippen molar-refractivity contribution in [2.45, 2.75) is 19.8 Å². The van der Waals surface area contributed by atoms with Crippen LogP contribution >= 0.6 is 11.3 Å². The third-order valence-electron chi connectivity index (χ3n) is 3.79. The van der Waals surface area contributed by atoms with E-state index >= 15 is 0 Å². The Morgan fingerprint density at radius 3 is 2.42 bits per heavy atom. The van der Waals surface area contributed by atoms with E-state index in [0.29, 0.717) is 5.13 Å². The van der Waals surface area contributed by atoms with Gasteiger partial charge in [0, 0.05) is 16.5 Å². The molecule has 2 aromatic carbocycles. The molecule has 0 spiro atoms. The number of carbonyl (C=O) groups excluding carboxylic acids is 1. The minimum absolute atomic E-state index is 0.0139. The van der Waals surface area contributed by atoms with Crippen molar-refractivity contribution >= 4 is 28.1 Å². The molecule has 132 valence electrons. The molecule has 3 aromatic rings. The quantitative estimate of drug-likeness (QED) is 0.502. The molecule has 0 aliphatic rings. The number of aromatic nitrogens is 1. The van der Waals surface area contributed by atoms with Gasteiger partial charge in [0.2, 0.25) is 0 Å². The smallest absolute Gasteiger partial charge is 0.282 e. The second kappa shape index (κ2) is 7.45. The number of nitrogens with zero attached hydrogens (tertiary/aromatic N) is 2. The fraction of sp³-hybridized carbons (Fsp3) is 0.158. The van der Waals surface area contributed by atoms with Gasteiger partial charge in [-0.25, -0.2) is 4.98 Å². The van der Waals surface area contributed by atoms with Gasteiger partial charge in [0.05, 0.1) is 10.6 Å². The summed E-state index contributed by atoms with van der Waals surface area (Å²) in [6, 6.07) is 15.6. The van der Waals surface area contributed by atoms with E-state index in [-0.39, 0.29) is 17.2 Å². The molecule has 1 amide bonds. The molecule has 3 rings (SSSR count). The summed E-state index contributed by atoms with van der Waals surface area (Å²) in [5.41, 5.74) is 1.58. The molecule has 26 heavy (non-hydrogen) atoms. The molecule has 0 bridgehead atoms. The summed E-state index contributed by atoms with van der Waals surface area (Å²) in [4.78, 5) is 28.7. The minimum atomic E-state index is -0.564. The van der Waals surface area contributed by atoms with Crippen LogP contribution in [0.3, 0.4) is 0 Å². The molecule has 0 atom stereocenters. The number of carbonyl (C=O) groups is 1. The van der Waals surface area contributed by atoms with E-state index in [9.17, 15) is 14.9 Å². The molecule has 1 heterocycles. The van der Waals surface area contributed by atoms with Gasteiger partial charge in [-0.3, -0.25) is 20.2 Å². The second-order valence-electron chi connectivity index (χ2n) is 5.98. The number of hydrogen-bond donors (Lipinski definition) is 1. The van der Waals surface area contributed by atoms with E-state index in [1.165, 1.54) is 29.5 Å². The molecule has 0 fully saturated rings. The Bertz CT molecular complexity index is 952. The van der Waals surface area contributed by atoms with Crippen LogP contribution in [0.25, 0.3) is 11.3 Å². The molecule has 6 nitrogen and oxygen atoms in total. The van der Waals surface area contributed by atoms with Crippen molar-refractivity contribution in [2.24, 2.45) is 0 Å². The Kier molecular flexibility index (Phi) is 5.09. The lowest BCUT2D eigenvalue weighted by Gasteiger charge is -2.04. The van der Waals surface area contributed by atoms with Crippen molar-refractivity contribution in [3.05, 3.63) is 75.2 Å². The van der Waals surface area contributed by atoms with E-state index in [1.54, 1.807) is 6.07 Å². The average molecular weight is 367 g/mol. The summed E-state index contributed by atoms with van der Waals surface area (Å²) in [6.45, 7) is 4.13. The zero-order valence-corrected chi connectivity index (χ0v) is 15.1. The van der Waals surface area contributed by atoms with Gasteiger partial charge in [0.25, 0.3) is 11.6 Å².